The highest BCUT2D eigenvalue weighted by Crippen LogP contribution is 2.39. The lowest BCUT2D eigenvalue weighted by molar-refractivity contribution is -0.123. The molecule has 34 heavy (non-hydrogen) atoms. The van der Waals surface area contributed by atoms with Gasteiger partial charge in [-0.05, 0) is 51.8 Å². The highest BCUT2D eigenvalue weighted by atomic mass is 16.5. The molecule has 2 N–H and O–H groups in total. The summed E-state index contributed by atoms with van der Waals surface area (Å²) in [4.78, 5) is 12.2. The second-order valence-electron chi connectivity index (χ2n) is 10.4. The molecule has 0 aliphatic rings. The summed E-state index contributed by atoms with van der Waals surface area (Å²) in [6.07, 6.45) is 1.59. The summed E-state index contributed by atoms with van der Waals surface area (Å²) in [7, 11) is 0. The lowest BCUT2D eigenvalue weighted by Gasteiger charge is -2.27. The molecule has 0 aliphatic carbocycles. The number of carbonyl (C=O) groups excluding carboxylic acids is 1. The van der Waals surface area contributed by atoms with Crippen molar-refractivity contribution in [2.45, 2.75) is 52.4 Å². The van der Waals surface area contributed by atoms with E-state index < -0.39 is 0 Å². The Morgan fingerprint density at radius 3 is 1.94 bits per heavy atom. The van der Waals surface area contributed by atoms with Crippen LogP contribution in [0.15, 0.2) is 71.8 Å². The smallest absolute Gasteiger partial charge is 0.277 e. The molecule has 0 heterocycles. The van der Waals surface area contributed by atoms with Gasteiger partial charge >= 0.3 is 0 Å². The van der Waals surface area contributed by atoms with Crippen molar-refractivity contribution in [1.82, 2.24) is 5.43 Å². The van der Waals surface area contributed by atoms with Crippen LogP contribution in [0.1, 0.15) is 58.2 Å². The first-order valence-corrected chi connectivity index (χ1v) is 11.4. The van der Waals surface area contributed by atoms with Gasteiger partial charge in [0.2, 0.25) is 0 Å². The van der Waals surface area contributed by atoms with Gasteiger partial charge in [-0.25, -0.2) is 5.43 Å². The first-order valence-electron chi connectivity index (χ1n) is 11.4. The van der Waals surface area contributed by atoms with Crippen LogP contribution >= 0.6 is 0 Å². The Morgan fingerprint density at radius 2 is 1.41 bits per heavy atom. The Hall–Kier alpha value is -3.60. The summed E-state index contributed by atoms with van der Waals surface area (Å²) in [5.41, 5.74) is 6.75. The fraction of sp³-hybridized carbons (Fsp3) is 0.310. The van der Waals surface area contributed by atoms with Crippen molar-refractivity contribution in [3.8, 4) is 22.6 Å². The largest absolute Gasteiger partial charge is 0.507 e. The monoisotopic (exact) mass is 458 g/mol. The molecule has 0 radical (unpaired) electrons. The SMILES string of the molecule is CC(C)(C)c1cc(/C=N/NC(=O)COc2ccc(-c3ccccc3)cc2)cc(C(C)(C)C)c1O. The minimum Gasteiger partial charge on any atom is -0.507 e. The lowest BCUT2D eigenvalue weighted by Crippen LogP contribution is -2.24. The Kier molecular flexibility index (Phi) is 7.45. The molecule has 0 aromatic heterocycles. The number of hydrazone groups is 1. The van der Waals surface area contributed by atoms with Crippen LogP contribution in [0.25, 0.3) is 11.1 Å². The highest BCUT2D eigenvalue weighted by Gasteiger charge is 2.26. The molecule has 5 nitrogen and oxygen atoms in total. The van der Waals surface area contributed by atoms with Gasteiger partial charge in [-0.1, -0.05) is 84.0 Å². The van der Waals surface area contributed by atoms with Crippen LogP contribution in [0, 0.1) is 0 Å². The molecule has 0 bridgehead atoms. The molecular formula is C29H34N2O3. The van der Waals surface area contributed by atoms with E-state index in [2.05, 4.69) is 52.1 Å². The van der Waals surface area contributed by atoms with Gasteiger partial charge in [0.1, 0.15) is 11.5 Å². The summed E-state index contributed by atoms with van der Waals surface area (Å²) in [5.74, 6) is 0.573. The fourth-order valence-electron chi connectivity index (χ4n) is 3.61. The number of hydrogen-bond donors (Lipinski definition) is 2. The predicted molar refractivity (Wildman–Crippen MR) is 139 cm³/mol. The Morgan fingerprint density at radius 1 is 0.882 bits per heavy atom. The van der Waals surface area contributed by atoms with Gasteiger partial charge in [0.05, 0.1) is 6.21 Å². The Labute approximate surface area is 202 Å². The van der Waals surface area contributed by atoms with E-state index in [1.54, 1.807) is 6.21 Å². The molecule has 1 amide bonds. The van der Waals surface area contributed by atoms with Crippen LogP contribution in [0.4, 0.5) is 0 Å². The molecule has 5 heteroatoms. The zero-order valence-electron chi connectivity index (χ0n) is 20.8. The molecule has 0 saturated heterocycles. The van der Waals surface area contributed by atoms with Crippen LogP contribution in [-0.2, 0) is 15.6 Å². The standard InChI is InChI=1S/C29H34N2O3/c1-28(2,3)24-16-20(17-25(27(24)33)29(4,5)6)18-30-31-26(32)19-34-23-14-12-22(13-15-23)21-10-8-7-9-11-21/h7-18,33H,19H2,1-6H3,(H,31,32)/b30-18+. The van der Waals surface area contributed by atoms with Crippen molar-refractivity contribution in [2.24, 2.45) is 5.10 Å². The minimum atomic E-state index is -0.353. The van der Waals surface area contributed by atoms with Crippen molar-refractivity contribution in [3.63, 3.8) is 0 Å². The molecule has 0 spiro atoms. The number of nitrogens with zero attached hydrogens (tertiary/aromatic N) is 1. The number of phenols is 1. The third-order valence-electron chi connectivity index (χ3n) is 5.48. The summed E-state index contributed by atoms with van der Waals surface area (Å²) in [6, 6.07) is 21.5. The normalized spacial score (nSPS) is 12.1. The number of rotatable bonds is 6. The zero-order chi connectivity index (χ0) is 24.9. The number of hydrogen-bond acceptors (Lipinski definition) is 4. The topological polar surface area (TPSA) is 70.9 Å². The molecule has 0 saturated carbocycles. The van der Waals surface area contributed by atoms with E-state index in [0.717, 1.165) is 27.8 Å². The van der Waals surface area contributed by atoms with Gasteiger partial charge in [0, 0.05) is 11.1 Å². The zero-order valence-corrected chi connectivity index (χ0v) is 20.8. The number of ether oxygens (including phenoxy) is 1. The van der Waals surface area contributed by atoms with Crippen LogP contribution in [-0.4, -0.2) is 23.8 Å². The minimum absolute atomic E-state index is 0.141. The maximum Gasteiger partial charge on any atom is 0.277 e. The molecular weight excluding hydrogens is 424 g/mol. The maximum atomic E-state index is 12.2. The van der Waals surface area contributed by atoms with Gasteiger partial charge in [-0.15, -0.1) is 0 Å². The van der Waals surface area contributed by atoms with Crippen molar-refractivity contribution in [2.75, 3.05) is 6.61 Å². The van der Waals surface area contributed by atoms with Gasteiger partial charge < -0.3 is 9.84 Å². The average molecular weight is 459 g/mol. The molecule has 0 unspecified atom stereocenters. The lowest BCUT2D eigenvalue weighted by atomic mass is 9.78. The number of nitrogens with one attached hydrogen (secondary N) is 1. The van der Waals surface area contributed by atoms with E-state index in [1.165, 1.54) is 0 Å². The van der Waals surface area contributed by atoms with E-state index in [1.807, 2.05) is 66.7 Å². The second kappa shape index (κ2) is 10.1. The van der Waals surface area contributed by atoms with Gasteiger partial charge in [0.15, 0.2) is 6.61 Å². The van der Waals surface area contributed by atoms with Gasteiger partial charge in [0.25, 0.3) is 5.91 Å². The highest BCUT2D eigenvalue weighted by molar-refractivity contribution is 5.84. The van der Waals surface area contributed by atoms with Crippen LogP contribution in [0.3, 0.4) is 0 Å². The predicted octanol–water partition coefficient (Wildman–Crippen LogP) is 6.18. The van der Waals surface area contributed by atoms with Crippen molar-refractivity contribution >= 4 is 12.1 Å². The van der Waals surface area contributed by atoms with Crippen molar-refractivity contribution in [1.29, 1.82) is 0 Å². The van der Waals surface area contributed by atoms with Crippen molar-refractivity contribution < 1.29 is 14.6 Å². The fourth-order valence-corrected chi connectivity index (χ4v) is 3.61. The first-order chi connectivity index (χ1) is 15.9. The molecule has 3 aromatic rings. The summed E-state index contributed by atoms with van der Waals surface area (Å²) < 4.78 is 5.59. The quantitative estimate of drug-likeness (QED) is 0.342. The van der Waals surface area contributed by atoms with Crippen LogP contribution in [0.5, 0.6) is 11.5 Å². The number of amides is 1. The Bertz CT molecular complexity index is 1120. The maximum absolute atomic E-state index is 12.2. The summed E-state index contributed by atoms with van der Waals surface area (Å²) >= 11 is 0. The Balaban J connectivity index is 1.62. The van der Waals surface area contributed by atoms with E-state index in [-0.39, 0.29) is 23.3 Å². The number of benzene rings is 3. The number of carbonyl (C=O) groups is 1. The van der Waals surface area contributed by atoms with E-state index >= 15 is 0 Å². The van der Waals surface area contributed by atoms with E-state index in [0.29, 0.717) is 11.5 Å². The number of phenolic OH excluding ortho intramolecular Hbond substituents is 1. The van der Waals surface area contributed by atoms with Gasteiger partial charge in [-0.2, -0.15) is 5.10 Å². The van der Waals surface area contributed by atoms with E-state index in [9.17, 15) is 9.90 Å². The second-order valence-corrected chi connectivity index (χ2v) is 10.4. The molecule has 3 rings (SSSR count). The number of aromatic hydroxyl groups is 1. The first kappa shape index (κ1) is 25.0. The third-order valence-corrected chi connectivity index (χ3v) is 5.48. The average Bonchev–Trinajstić information content (AvgIpc) is 2.78. The molecule has 3 aromatic carbocycles. The molecule has 0 fully saturated rings. The van der Waals surface area contributed by atoms with Crippen LogP contribution < -0.4 is 10.2 Å². The van der Waals surface area contributed by atoms with Crippen LogP contribution in [0.2, 0.25) is 0 Å². The third kappa shape index (κ3) is 6.47. The van der Waals surface area contributed by atoms with E-state index in [4.69, 9.17) is 4.74 Å². The summed E-state index contributed by atoms with van der Waals surface area (Å²) in [6.45, 7) is 12.2. The molecule has 0 atom stereocenters. The molecule has 0 aliphatic heterocycles. The molecule has 178 valence electrons. The van der Waals surface area contributed by atoms with Crippen molar-refractivity contribution in [3.05, 3.63) is 83.4 Å². The summed E-state index contributed by atoms with van der Waals surface area (Å²) in [5, 5.41) is 14.9. The van der Waals surface area contributed by atoms with Gasteiger partial charge in [-0.3, -0.25) is 4.79 Å².